The van der Waals surface area contributed by atoms with Crippen molar-refractivity contribution >= 4 is 15.7 Å². The van der Waals surface area contributed by atoms with Crippen molar-refractivity contribution in [3.63, 3.8) is 0 Å². The molecule has 0 radical (unpaired) electrons. The Morgan fingerprint density at radius 2 is 1.84 bits per heavy atom. The molecule has 0 unspecified atom stereocenters. The van der Waals surface area contributed by atoms with E-state index < -0.39 is 9.84 Å². The van der Waals surface area contributed by atoms with Crippen LogP contribution in [-0.4, -0.2) is 33.7 Å². The Labute approximate surface area is 114 Å². The molecular formula is C13H20N2O3S. The largest absolute Gasteiger partial charge is 0.352 e. The van der Waals surface area contributed by atoms with Crippen LogP contribution in [-0.2, 0) is 21.2 Å². The smallest absolute Gasteiger partial charge is 0.221 e. The predicted molar refractivity (Wildman–Crippen MR) is 74.6 cm³/mol. The third-order valence-corrected chi connectivity index (χ3v) is 3.75. The number of hydrogen-bond donors (Lipinski definition) is 2. The zero-order valence-corrected chi connectivity index (χ0v) is 12.1. The van der Waals surface area contributed by atoms with Crippen LogP contribution in [0.15, 0.2) is 29.2 Å². The van der Waals surface area contributed by atoms with Crippen molar-refractivity contribution in [2.45, 2.75) is 24.8 Å². The van der Waals surface area contributed by atoms with Crippen LogP contribution in [0.25, 0.3) is 0 Å². The fourth-order valence-electron chi connectivity index (χ4n) is 1.52. The molecule has 0 saturated carbocycles. The van der Waals surface area contributed by atoms with Crippen molar-refractivity contribution < 1.29 is 13.2 Å². The van der Waals surface area contributed by atoms with Gasteiger partial charge in [0, 0.05) is 25.8 Å². The molecule has 1 amide bonds. The summed E-state index contributed by atoms with van der Waals surface area (Å²) in [7, 11) is -3.16. The Bertz CT molecular complexity index is 509. The van der Waals surface area contributed by atoms with E-state index in [9.17, 15) is 13.2 Å². The summed E-state index contributed by atoms with van der Waals surface area (Å²) in [6.07, 6.45) is 1.61. The summed E-state index contributed by atoms with van der Waals surface area (Å²) in [6, 6.07) is 6.52. The highest BCUT2D eigenvalue weighted by Crippen LogP contribution is 2.10. The van der Waals surface area contributed by atoms with Crippen LogP contribution in [0.1, 0.15) is 18.9 Å². The standard InChI is InChI=1S/C13H20N2O3S/c1-3-14-9-8-13(16)15-10-11-4-6-12(7-5-11)19(2,17)18/h4-7,14H,3,8-10H2,1-2H3,(H,15,16). The van der Waals surface area contributed by atoms with Crippen molar-refractivity contribution in [3.8, 4) is 0 Å². The summed E-state index contributed by atoms with van der Waals surface area (Å²) >= 11 is 0. The zero-order valence-electron chi connectivity index (χ0n) is 11.3. The molecule has 0 fully saturated rings. The Hall–Kier alpha value is -1.40. The second-order valence-corrected chi connectivity index (χ2v) is 6.31. The lowest BCUT2D eigenvalue weighted by molar-refractivity contribution is -0.121. The van der Waals surface area contributed by atoms with E-state index in [1.807, 2.05) is 6.92 Å². The van der Waals surface area contributed by atoms with E-state index >= 15 is 0 Å². The fourth-order valence-corrected chi connectivity index (χ4v) is 2.15. The van der Waals surface area contributed by atoms with Gasteiger partial charge in [0.2, 0.25) is 5.91 Å². The predicted octanol–water partition coefficient (Wildman–Crippen LogP) is 0.706. The third kappa shape index (κ3) is 5.85. The van der Waals surface area contributed by atoms with Crippen molar-refractivity contribution in [1.29, 1.82) is 0 Å². The summed E-state index contributed by atoms with van der Waals surface area (Å²) in [4.78, 5) is 11.8. The van der Waals surface area contributed by atoms with Gasteiger partial charge in [-0.2, -0.15) is 0 Å². The number of nitrogens with one attached hydrogen (secondary N) is 2. The Morgan fingerprint density at radius 1 is 1.21 bits per heavy atom. The SMILES string of the molecule is CCNCCC(=O)NCc1ccc(S(C)(=O)=O)cc1. The quantitative estimate of drug-likeness (QED) is 0.723. The minimum absolute atomic E-state index is 0.0202. The van der Waals surface area contributed by atoms with Gasteiger partial charge in [-0.1, -0.05) is 19.1 Å². The van der Waals surface area contributed by atoms with Gasteiger partial charge in [-0.15, -0.1) is 0 Å². The Morgan fingerprint density at radius 3 is 2.37 bits per heavy atom. The van der Waals surface area contributed by atoms with Gasteiger partial charge in [-0.25, -0.2) is 8.42 Å². The van der Waals surface area contributed by atoms with Gasteiger partial charge in [0.05, 0.1) is 4.90 Å². The van der Waals surface area contributed by atoms with Crippen LogP contribution in [0.3, 0.4) is 0 Å². The van der Waals surface area contributed by atoms with Crippen LogP contribution in [0.2, 0.25) is 0 Å². The van der Waals surface area contributed by atoms with E-state index in [4.69, 9.17) is 0 Å². The molecule has 2 N–H and O–H groups in total. The van der Waals surface area contributed by atoms with E-state index in [1.54, 1.807) is 24.3 Å². The van der Waals surface area contributed by atoms with Crippen LogP contribution in [0, 0.1) is 0 Å². The summed E-state index contributed by atoms with van der Waals surface area (Å²) in [6.45, 7) is 3.91. The van der Waals surface area contributed by atoms with Crippen LogP contribution in [0.5, 0.6) is 0 Å². The number of carbonyl (C=O) groups is 1. The molecule has 0 aromatic heterocycles. The lowest BCUT2D eigenvalue weighted by Crippen LogP contribution is -2.27. The van der Waals surface area contributed by atoms with Crippen molar-refractivity contribution in [2.75, 3.05) is 19.3 Å². The van der Waals surface area contributed by atoms with Crippen molar-refractivity contribution in [2.24, 2.45) is 0 Å². The maximum absolute atomic E-state index is 11.5. The average molecular weight is 284 g/mol. The van der Waals surface area contributed by atoms with E-state index in [0.29, 0.717) is 19.5 Å². The number of amides is 1. The lowest BCUT2D eigenvalue weighted by atomic mass is 10.2. The maximum atomic E-state index is 11.5. The first kappa shape index (κ1) is 15.7. The normalized spacial score (nSPS) is 11.3. The molecule has 1 aromatic rings. The molecule has 5 nitrogen and oxygen atoms in total. The van der Waals surface area contributed by atoms with Gasteiger partial charge in [-0.05, 0) is 24.2 Å². The topological polar surface area (TPSA) is 75.3 Å². The highest BCUT2D eigenvalue weighted by molar-refractivity contribution is 7.90. The summed E-state index contributed by atoms with van der Waals surface area (Å²) < 4.78 is 22.6. The van der Waals surface area contributed by atoms with Crippen molar-refractivity contribution in [1.82, 2.24) is 10.6 Å². The third-order valence-electron chi connectivity index (χ3n) is 2.62. The summed E-state index contributed by atoms with van der Waals surface area (Å²) in [5.41, 5.74) is 0.879. The van der Waals surface area contributed by atoms with E-state index in [-0.39, 0.29) is 10.8 Å². The molecular weight excluding hydrogens is 264 g/mol. The molecule has 106 valence electrons. The molecule has 1 aromatic carbocycles. The first-order valence-electron chi connectivity index (χ1n) is 6.20. The molecule has 0 saturated heterocycles. The molecule has 19 heavy (non-hydrogen) atoms. The summed E-state index contributed by atoms with van der Waals surface area (Å²) in [5, 5.41) is 5.86. The monoisotopic (exact) mass is 284 g/mol. The number of benzene rings is 1. The van der Waals surface area contributed by atoms with E-state index in [1.165, 1.54) is 6.26 Å². The number of carbonyl (C=O) groups excluding carboxylic acids is 1. The number of rotatable bonds is 7. The molecule has 0 heterocycles. The fraction of sp³-hybridized carbons (Fsp3) is 0.462. The molecule has 0 spiro atoms. The van der Waals surface area contributed by atoms with Gasteiger partial charge < -0.3 is 10.6 Å². The first-order valence-corrected chi connectivity index (χ1v) is 8.09. The Balaban J connectivity index is 2.44. The average Bonchev–Trinajstić information content (AvgIpc) is 2.36. The van der Waals surface area contributed by atoms with Crippen LogP contribution >= 0.6 is 0 Å². The minimum atomic E-state index is -3.16. The molecule has 0 bridgehead atoms. The van der Waals surface area contributed by atoms with Gasteiger partial charge in [0.15, 0.2) is 9.84 Å². The number of sulfone groups is 1. The van der Waals surface area contributed by atoms with E-state index in [2.05, 4.69) is 10.6 Å². The maximum Gasteiger partial charge on any atom is 0.221 e. The Kier molecular flexibility index (Phi) is 5.98. The van der Waals surface area contributed by atoms with Gasteiger partial charge in [0.25, 0.3) is 0 Å². The van der Waals surface area contributed by atoms with Gasteiger partial charge >= 0.3 is 0 Å². The molecule has 1 rings (SSSR count). The second kappa shape index (κ2) is 7.25. The first-order chi connectivity index (χ1) is 8.93. The number of hydrogen-bond acceptors (Lipinski definition) is 4. The van der Waals surface area contributed by atoms with Gasteiger partial charge in [0.1, 0.15) is 0 Å². The molecule has 0 atom stereocenters. The van der Waals surface area contributed by atoms with Crippen molar-refractivity contribution in [3.05, 3.63) is 29.8 Å². The molecule has 6 heteroatoms. The van der Waals surface area contributed by atoms with E-state index in [0.717, 1.165) is 12.1 Å². The van der Waals surface area contributed by atoms with Gasteiger partial charge in [-0.3, -0.25) is 4.79 Å². The molecule has 0 aliphatic carbocycles. The zero-order chi connectivity index (χ0) is 14.3. The lowest BCUT2D eigenvalue weighted by Gasteiger charge is -2.06. The summed E-state index contributed by atoms with van der Waals surface area (Å²) in [5.74, 6) is -0.0202. The second-order valence-electron chi connectivity index (χ2n) is 4.30. The van der Waals surface area contributed by atoms with Crippen LogP contribution in [0.4, 0.5) is 0 Å². The highest BCUT2D eigenvalue weighted by Gasteiger charge is 2.06. The molecule has 0 aliphatic heterocycles. The minimum Gasteiger partial charge on any atom is -0.352 e. The van der Waals surface area contributed by atoms with Crippen LogP contribution < -0.4 is 10.6 Å². The molecule has 0 aliphatic rings. The highest BCUT2D eigenvalue weighted by atomic mass is 32.2.